The van der Waals surface area contributed by atoms with Crippen LogP contribution in [0, 0.1) is 0 Å². The maximum Gasteiger partial charge on any atom is 0.673 e. The van der Waals surface area contributed by atoms with E-state index in [4.69, 9.17) is 0 Å². The minimum Gasteiger partial charge on any atom is -0.418 e. The fraction of sp³-hybridized carbons (Fsp3) is 1.00. The minimum absolute atomic E-state index is 0. The molecule has 0 saturated carbocycles. The van der Waals surface area contributed by atoms with Gasteiger partial charge in [-0.2, -0.15) is 0 Å². The van der Waals surface area contributed by atoms with E-state index in [-0.39, 0.29) is 18.9 Å². The predicted octanol–water partition coefficient (Wildman–Crippen LogP) is 0.604. The summed E-state index contributed by atoms with van der Waals surface area (Å²) < 4.78 is 39.0. The van der Waals surface area contributed by atoms with E-state index in [0.29, 0.717) is 0 Å². The SMILES string of the molecule is CC[NH+]1CCCC1.F[B-](F)(F)F.[Li]. The molecule has 0 bridgehead atoms. The molecule has 75 valence electrons. The number of hydrogen-bond acceptors (Lipinski definition) is 0. The zero-order valence-corrected chi connectivity index (χ0v) is 8.12. The van der Waals surface area contributed by atoms with Crippen LogP contribution >= 0.6 is 0 Å². The molecule has 1 aliphatic heterocycles. The molecular formula is C6H14BF4LiN. The van der Waals surface area contributed by atoms with Crippen LogP contribution in [-0.4, -0.2) is 45.7 Å². The molecule has 0 aromatic heterocycles. The molecule has 0 aromatic rings. The maximum absolute atomic E-state index is 9.75. The van der Waals surface area contributed by atoms with Gasteiger partial charge >= 0.3 is 7.25 Å². The van der Waals surface area contributed by atoms with E-state index in [1.54, 1.807) is 4.90 Å². The van der Waals surface area contributed by atoms with Crippen molar-refractivity contribution in [3.05, 3.63) is 0 Å². The van der Waals surface area contributed by atoms with Crippen molar-refractivity contribution < 1.29 is 22.2 Å². The summed E-state index contributed by atoms with van der Waals surface area (Å²) >= 11 is 0. The number of halogens is 4. The second kappa shape index (κ2) is 7.72. The molecular weight excluding hydrogens is 180 g/mol. The van der Waals surface area contributed by atoms with Crippen LogP contribution in [0.2, 0.25) is 0 Å². The standard InChI is InChI=1S/C6H13N.BF4.Li/c1-2-7-5-3-4-6-7;2-1(3,4)5;/h2-6H2,1H3;;/q;-1;/p+1. The molecule has 13 heavy (non-hydrogen) atoms. The summed E-state index contributed by atoms with van der Waals surface area (Å²) in [5.41, 5.74) is 0. The van der Waals surface area contributed by atoms with Crippen LogP contribution in [-0.2, 0) is 0 Å². The van der Waals surface area contributed by atoms with Crippen molar-refractivity contribution in [2.45, 2.75) is 19.8 Å². The van der Waals surface area contributed by atoms with Crippen molar-refractivity contribution in [2.24, 2.45) is 0 Å². The Morgan fingerprint density at radius 3 is 1.54 bits per heavy atom. The van der Waals surface area contributed by atoms with E-state index in [9.17, 15) is 17.3 Å². The molecule has 0 aliphatic carbocycles. The summed E-state index contributed by atoms with van der Waals surface area (Å²) in [5, 5.41) is 0. The largest absolute Gasteiger partial charge is 0.673 e. The quantitative estimate of drug-likeness (QED) is 0.460. The number of nitrogens with one attached hydrogen (secondary N) is 1. The Bertz CT molecular complexity index is 110. The molecule has 1 nitrogen and oxygen atoms in total. The van der Waals surface area contributed by atoms with Crippen LogP contribution in [0.25, 0.3) is 0 Å². The third kappa shape index (κ3) is 15.1. The van der Waals surface area contributed by atoms with Crippen LogP contribution < -0.4 is 4.90 Å². The first-order valence-electron chi connectivity index (χ1n) is 4.14. The summed E-state index contributed by atoms with van der Waals surface area (Å²) in [4.78, 5) is 1.79. The molecule has 0 amide bonds. The maximum atomic E-state index is 9.75. The first-order valence-corrected chi connectivity index (χ1v) is 4.14. The molecule has 1 saturated heterocycles. The molecule has 7 heteroatoms. The Hall–Kier alpha value is 0.342. The van der Waals surface area contributed by atoms with Crippen LogP contribution in [0.5, 0.6) is 0 Å². The summed E-state index contributed by atoms with van der Waals surface area (Å²) in [5.74, 6) is 0. The second-order valence-corrected chi connectivity index (χ2v) is 2.81. The van der Waals surface area contributed by atoms with Gasteiger partial charge in [0.1, 0.15) is 0 Å². The summed E-state index contributed by atoms with van der Waals surface area (Å²) in [6, 6.07) is 0. The monoisotopic (exact) mass is 194 g/mol. The summed E-state index contributed by atoms with van der Waals surface area (Å²) in [7, 11) is -6.00. The fourth-order valence-electron chi connectivity index (χ4n) is 1.23. The normalized spacial score (nSPS) is 17.3. The molecule has 0 atom stereocenters. The molecule has 1 fully saturated rings. The third-order valence-corrected chi connectivity index (χ3v) is 1.81. The van der Waals surface area contributed by atoms with E-state index in [1.807, 2.05) is 0 Å². The Morgan fingerprint density at radius 2 is 1.38 bits per heavy atom. The summed E-state index contributed by atoms with van der Waals surface area (Å²) in [6.07, 6.45) is 2.92. The first-order chi connectivity index (χ1) is 5.43. The van der Waals surface area contributed by atoms with Gasteiger partial charge in [0, 0.05) is 31.7 Å². The smallest absolute Gasteiger partial charge is 0.418 e. The van der Waals surface area contributed by atoms with Gasteiger partial charge in [0.05, 0.1) is 19.6 Å². The minimum atomic E-state index is -6.00. The van der Waals surface area contributed by atoms with E-state index in [0.717, 1.165) is 0 Å². The molecule has 0 aromatic carbocycles. The Labute approximate surface area is 88.1 Å². The average molecular weight is 194 g/mol. The number of likely N-dealkylation sites (tertiary alicyclic amines) is 1. The van der Waals surface area contributed by atoms with E-state index in [2.05, 4.69) is 6.92 Å². The van der Waals surface area contributed by atoms with E-state index < -0.39 is 7.25 Å². The van der Waals surface area contributed by atoms with Gasteiger partial charge in [-0.05, 0) is 6.92 Å². The van der Waals surface area contributed by atoms with E-state index in [1.165, 1.54) is 32.5 Å². The third-order valence-electron chi connectivity index (χ3n) is 1.81. The van der Waals surface area contributed by atoms with Crippen molar-refractivity contribution in [2.75, 3.05) is 19.6 Å². The molecule has 1 rings (SSSR count). The fourth-order valence-corrected chi connectivity index (χ4v) is 1.23. The van der Waals surface area contributed by atoms with Gasteiger partial charge in [-0.1, -0.05) is 0 Å². The molecule has 1 aliphatic rings. The van der Waals surface area contributed by atoms with Gasteiger partial charge in [0.2, 0.25) is 0 Å². The van der Waals surface area contributed by atoms with Crippen LogP contribution in [0.3, 0.4) is 0 Å². The van der Waals surface area contributed by atoms with Crippen LogP contribution in [0.4, 0.5) is 17.3 Å². The van der Waals surface area contributed by atoms with Gasteiger partial charge in [-0.25, -0.2) is 0 Å². The number of quaternary nitrogens is 1. The molecule has 0 spiro atoms. The zero-order valence-electron chi connectivity index (χ0n) is 8.12. The zero-order chi connectivity index (χ0) is 9.61. The molecule has 1 radical (unpaired) electrons. The molecule has 0 unspecified atom stereocenters. The topological polar surface area (TPSA) is 4.44 Å². The van der Waals surface area contributed by atoms with Crippen molar-refractivity contribution in [1.82, 2.24) is 0 Å². The summed E-state index contributed by atoms with van der Waals surface area (Å²) in [6.45, 7) is 6.45. The number of rotatable bonds is 1. The second-order valence-electron chi connectivity index (χ2n) is 2.81. The van der Waals surface area contributed by atoms with Gasteiger partial charge in [0.15, 0.2) is 0 Å². The first kappa shape index (κ1) is 15.8. The van der Waals surface area contributed by atoms with Gasteiger partial charge in [-0.3, -0.25) is 0 Å². The van der Waals surface area contributed by atoms with Crippen LogP contribution in [0.15, 0.2) is 0 Å². The Kier molecular flexibility index (Phi) is 9.38. The van der Waals surface area contributed by atoms with Gasteiger partial charge < -0.3 is 22.2 Å². The van der Waals surface area contributed by atoms with Crippen molar-refractivity contribution in [1.29, 1.82) is 0 Å². The van der Waals surface area contributed by atoms with Crippen LogP contribution in [0.1, 0.15) is 19.8 Å². The molecule has 1 heterocycles. The van der Waals surface area contributed by atoms with Gasteiger partial charge in [0.25, 0.3) is 0 Å². The van der Waals surface area contributed by atoms with Crippen molar-refractivity contribution in [3.63, 3.8) is 0 Å². The van der Waals surface area contributed by atoms with E-state index >= 15 is 0 Å². The van der Waals surface area contributed by atoms with Crippen molar-refractivity contribution in [3.8, 4) is 0 Å². The van der Waals surface area contributed by atoms with Gasteiger partial charge in [-0.15, -0.1) is 0 Å². The Morgan fingerprint density at radius 1 is 1.08 bits per heavy atom. The average Bonchev–Trinajstić information content (AvgIpc) is 2.33. The Balaban J connectivity index is 0. The number of hydrogen-bond donors (Lipinski definition) is 1. The molecule has 1 N–H and O–H groups in total. The van der Waals surface area contributed by atoms with Crippen molar-refractivity contribution >= 4 is 26.1 Å². The predicted molar refractivity (Wildman–Crippen MR) is 46.4 cm³/mol.